The van der Waals surface area contributed by atoms with Crippen molar-refractivity contribution in [1.82, 2.24) is 0 Å². The minimum Gasteiger partial charge on any atom is -0.620 e. The van der Waals surface area contributed by atoms with Crippen LogP contribution in [0, 0.1) is 5.21 Å². The van der Waals surface area contributed by atoms with E-state index in [0.717, 1.165) is 0 Å². The third kappa shape index (κ3) is 5.64. The fourth-order valence-electron chi connectivity index (χ4n) is 1.13. The van der Waals surface area contributed by atoms with Gasteiger partial charge in [0, 0.05) is 4.47 Å². The normalized spacial score (nSPS) is 15.7. The summed E-state index contributed by atoms with van der Waals surface area (Å²) in [5.41, 5.74) is -5.17. The Bertz CT molecular complexity index is 605. The molecule has 0 aliphatic heterocycles. The quantitative estimate of drug-likeness (QED) is 0.550. The van der Waals surface area contributed by atoms with Crippen molar-refractivity contribution in [2.75, 3.05) is 13.2 Å². The highest BCUT2D eigenvalue weighted by Gasteiger charge is 2.43. The summed E-state index contributed by atoms with van der Waals surface area (Å²) < 4.78 is 73.3. The molecule has 1 rings (SSSR count). The van der Waals surface area contributed by atoms with Gasteiger partial charge in [0.05, 0.1) is 4.90 Å². The van der Waals surface area contributed by atoms with Crippen LogP contribution < -0.4 is 4.47 Å². The number of quaternary nitrogens is 1. The number of nitrogens with one attached hydrogen (secondary N) is 1. The Morgan fingerprint density at radius 2 is 1.81 bits per heavy atom. The van der Waals surface area contributed by atoms with Crippen LogP contribution in [0.3, 0.4) is 0 Å². The average molecular weight is 412 g/mol. The summed E-state index contributed by atoms with van der Waals surface area (Å²) in [7, 11) is -7.86. The summed E-state index contributed by atoms with van der Waals surface area (Å²) in [6, 6.07) is 5.30. The van der Waals surface area contributed by atoms with Crippen LogP contribution in [0.4, 0.5) is 13.2 Å². The van der Waals surface area contributed by atoms with Crippen molar-refractivity contribution in [3.8, 4) is 0 Å². The first-order valence-electron chi connectivity index (χ1n) is 5.20. The third-order valence-corrected chi connectivity index (χ3v) is 4.96. The molecule has 0 saturated heterocycles. The summed E-state index contributed by atoms with van der Waals surface area (Å²) >= 11 is 3.10. The zero-order chi connectivity index (χ0) is 16.3. The Hall–Kier alpha value is -0.530. The molecule has 2 atom stereocenters. The van der Waals surface area contributed by atoms with Crippen molar-refractivity contribution in [3.05, 3.63) is 33.9 Å². The van der Waals surface area contributed by atoms with Gasteiger partial charge in [-0.05, 0) is 24.3 Å². The molecule has 21 heavy (non-hydrogen) atoms. The maximum absolute atomic E-state index is 12.0. The van der Waals surface area contributed by atoms with Crippen molar-refractivity contribution in [3.63, 3.8) is 0 Å². The molecule has 0 saturated carbocycles. The minimum absolute atomic E-state index is 0.213. The van der Waals surface area contributed by atoms with Crippen molar-refractivity contribution >= 4 is 37.0 Å². The Kier molecular flexibility index (Phi) is 6.31. The molecule has 0 bridgehead atoms. The molecule has 0 aliphatic carbocycles. The van der Waals surface area contributed by atoms with Crippen LogP contribution >= 0.6 is 15.9 Å². The van der Waals surface area contributed by atoms with E-state index in [-0.39, 0.29) is 4.90 Å². The van der Waals surface area contributed by atoms with Gasteiger partial charge in [0.25, 0.3) is 10.1 Å². The van der Waals surface area contributed by atoms with Crippen molar-refractivity contribution in [2.45, 2.75) is 10.4 Å². The highest BCUT2D eigenvalue weighted by atomic mass is 79.9. The van der Waals surface area contributed by atoms with Crippen LogP contribution in [0.1, 0.15) is 0 Å². The van der Waals surface area contributed by atoms with Crippen LogP contribution in [-0.2, 0) is 25.3 Å². The Morgan fingerprint density at radius 1 is 1.29 bits per heavy atom. The van der Waals surface area contributed by atoms with Gasteiger partial charge in [-0.15, -0.1) is 0 Å². The third-order valence-electron chi connectivity index (χ3n) is 2.06. The second-order valence-electron chi connectivity index (χ2n) is 3.57. The first kappa shape index (κ1) is 18.5. The maximum Gasteiger partial charge on any atom is 0.524 e. The predicted octanol–water partition coefficient (Wildman–Crippen LogP) is 0.721. The molecule has 12 heteroatoms. The molecule has 0 spiro atoms. The van der Waals surface area contributed by atoms with Crippen LogP contribution in [0.25, 0.3) is 0 Å². The molecule has 1 N–H and O–H groups in total. The van der Waals surface area contributed by atoms with E-state index in [1.165, 1.54) is 24.3 Å². The fourth-order valence-corrected chi connectivity index (χ4v) is 2.83. The minimum atomic E-state index is -5.17. The fraction of sp³-hybridized carbons (Fsp3) is 0.333. The van der Waals surface area contributed by atoms with Crippen molar-refractivity contribution < 1.29 is 34.4 Å². The monoisotopic (exact) mass is 411 g/mol. The van der Waals surface area contributed by atoms with Crippen LogP contribution in [0.5, 0.6) is 0 Å². The molecule has 1 aromatic rings. The van der Waals surface area contributed by atoms with E-state index in [1.807, 2.05) is 0 Å². The van der Waals surface area contributed by atoms with Crippen LogP contribution in [-0.4, -0.2) is 31.3 Å². The van der Waals surface area contributed by atoms with E-state index in [4.69, 9.17) is 0 Å². The molecule has 0 heterocycles. The van der Waals surface area contributed by atoms with Gasteiger partial charge in [-0.3, -0.25) is 8.65 Å². The molecule has 6 nitrogen and oxygen atoms in total. The molecule has 0 radical (unpaired) electrons. The number of benzene rings is 1. The molecule has 0 aromatic heterocycles. The number of hydroxylamine groups is 1. The molecule has 0 amide bonds. The molecule has 1 aromatic carbocycles. The van der Waals surface area contributed by atoms with Crippen molar-refractivity contribution in [2.24, 2.45) is 0 Å². The Morgan fingerprint density at radius 3 is 2.29 bits per heavy atom. The second-order valence-corrected chi connectivity index (χ2v) is 7.55. The standard InChI is InChI=1S/C9H9BrF3NO5S2/c10-7-1-3-8(4-2-7)21(17,18)19-6-5-14(15)20(16)9(11,12)13/h1-4,14H,5-6H2. The molecular weight excluding hydrogens is 403 g/mol. The Balaban J connectivity index is 2.59. The number of hydrogen-bond donors (Lipinski definition) is 1. The SMILES string of the molecule is O=S([NH+]([O-])CCOS(=O)(=O)c1ccc(Br)cc1)C(F)(F)F. The summed E-state index contributed by atoms with van der Waals surface area (Å²) in [5, 5.41) is 11.0. The van der Waals surface area contributed by atoms with Crippen LogP contribution in [0.15, 0.2) is 33.6 Å². The lowest BCUT2D eigenvalue weighted by atomic mass is 10.4. The van der Waals surface area contributed by atoms with E-state index in [9.17, 15) is 31.0 Å². The highest BCUT2D eigenvalue weighted by Crippen LogP contribution is 2.17. The zero-order valence-corrected chi connectivity index (χ0v) is 13.3. The molecule has 120 valence electrons. The van der Waals surface area contributed by atoms with E-state index in [2.05, 4.69) is 20.1 Å². The van der Waals surface area contributed by atoms with E-state index >= 15 is 0 Å². The average Bonchev–Trinajstić information content (AvgIpc) is 2.36. The lowest BCUT2D eigenvalue weighted by Crippen LogP contribution is -3.09. The van der Waals surface area contributed by atoms with Crippen molar-refractivity contribution in [1.29, 1.82) is 0 Å². The Labute approximate surface area is 129 Å². The van der Waals surface area contributed by atoms with E-state index in [1.54, 1.807) is 0 Å². The lowest BCUT2D eigenvalue weighted by molar-refractivity contribution is -0.706. The van der Waals surface area contributed by atoms with Gasteiger partial charge in [0.15, 0.2) is 0 Å². The maximum atomic E-state index is 12.0. The van der Waals surface area contributed by atoms with E-state index in [0.29, 0.717) is 4.47 Å². The van der Waals surface area contributed by atoms with Gasteiger partial charge in [0.1, 0.15) is 13.2 Å². The first-order chi connectivity index (χ1) is 9.54. The summed E-state index contributed by atoms with van der Waals surface area (Å²) in [6.45, 7) is -1.75. The largest absolute Gasteiger partial charge is 0.620 e. The van der Waals surface area contributed by atoms with Gasteiger partial charge in [-0.1, -0.05) is 15.9 Å². The number of hydrogen-bond acceptors (Lipinski definition) is 5. The number of rotatable bonds is 6. The summed E-state index contributed by atoms with van der Waals surface area (Å²) in [5.74, 6) is 0. The summed E-state index contributed by atoms with van der Waals surface area (Å²) in [6.07, 6.45) is 0. The molecule has 2 unspecified atom stereocenters. The number of alkyl halides is 3. The smallest absolute Gasteiger partial charge is 0.524 e. The molecule has 0 aliphatic rings. The van der Waals surface area contributed by atoms with Gasteiger partial charge in [-0.2, -0.15) is 25.8 Å². The molecule has 0 fully saturated rings. The van der Waals surface area contributed by atoms with Gasteiger partial charge >= 0.3 is 16.5 Å². The topological polar surface area (TPSA) is 87.9 Å². The van der Waals surface area contributed by atoms with Gasteiger partial charge in [-0.25, -0.2) is 0 Å². The van der Waals surface area contributed by atoms with E-state index < -0.39 is 44.2 Å². The highest BCUT2D eigenvalue weighted by molar-refractivity contribution is 9.10. The second kappa shape index (κ2) is 7.15. The van der Waals surface area contributed by atoms with Gasteiger partial charge < -0.3 is 5.21 Å². The lowest BCUT2D eigenvalue weighted by Gasteiger charge is -2.20. The molecular formula is C9H9BrF3NO5S2. The number of halogens is 4. The summed E-state index contributed by atoms with van der Waals surface area (Å²) in [4.78, 5) is -0.213. The van der Waals surface area contributed by atoms with Gasteiger partial charge in [0.2, 0.25) is 0 Å². The zero-order valence-electron chi connectivity index (χ0n) is 10.1. The predicted molar refractivity (Wildman–Crippen MR) is 70.7 cm³/mol. The van der Waals surface area contributed by atoms with Crippen LogP contribution in [0.2, 0.25) is 0 Å². The first-order valence-corrected chi connectivity index (χ1v) is 8.55.